The number of carbonyl (C=O) groups excluding carboxylic acids is 1. The van der Waals surface area contributed by atoms with Crippen LogP contribution >= 0.6 is 11.6 Å². The number of aryl methyl sites for hydroxylation is 2. The van der Waals surface area contributed by atoms with Crippen LogP contribution in [0.3, 0.4) is 0 Å². The molecule has 0 saturated carbocycles. The normalized spacial score (nSPS) is 10.8. The number of amides is 1. The molecule has 1 aromatic carbocycles. The van der Waals surface area contributed by atoms with Crippen molar-refractivity contribution in [3.8, 4) is 5.75 Å². The summed E-state index contributed by atoms with van der Waals surface area (Å²) in [5, 5.41) is 8.92. The predicted molar refractivity (Wildman–Crippen MR) is 98.0 cm³/mol. The molecule has 0 saturated heterocycles. The summed E-state index contributed by atoms with van der Waals surface area (Å²) in [7, 11) is 3.57. The van der Waals surface area contributed by atoms with Crippen LogP contribution in [0.15, 0.2) is 42.9 Å². The Morgan fingerprint density at radius 3 is 2.88 bits per heavy atom. The number of hydrogen-bond donors (Lipinski definition) is 0. The molecule has 3 aromatic rings. The zero-order valence-corrected chi connectivity index (χ0v) is 15.6. The van der Waals surface area contributed by atoms with E-state index in [1.165, 1.54) is 0 Å². The highest BCUT2D eigenvalue weighted by molar-refractivity contribution is 6.32. The molecule has 26 heavy (non-hydrogen) atoms. The molecular formula is C18H20ClN5O2. The lowest BCUT2D eigenvalue weighted by Gasteiger charge is -2.14. The maximum absolute atomic E-state index is 12.5. The van der Waals surface area contributed by atoms with E-state index in [1.807, 2.05) is 32.3 Å². The quantitative estimate of drug-likeness (QED) is 0.666. The van der Waals surface area contributed by atoms with Gasteiger partial charge in [-0.2, -0.15) is 10.2 Å². The van der Waals surface area contributed by atoms with Gasteiger partial charge in [-0.05, 0) is 30.7 Å². The molecule has 0 fully saturated rings. The van der Waals surface area contributed by atoms with Crippen molar-refractivity contribution < 1.29 is 9.53 Å². The lowest BCUT2D eigenvalue weighted by molar-refractivity contribution is 0.0777. The number of nitrogens with zero attached hydrogens (tertiary/aromatic N) is 5. The molecule has 0 bridgehead atoms. The monoisotopic (exact) mass is 373 g/mol. The topological polar surface area (TPSA) is 65.2 Å². The van der Waals surface area contributed by atoms with Crippen LogP contribution in [0.25, 0.3) is 0 Å². The second-order valence-corrected chi connectivity index (χ2v) is 6.54. The van der Waals surface area contributed by atoms with Gasteiger partial charge in [0.1, 0.15) is 5.75 Å². The molecule has 0 atom stereocenters. The van der Waals surface area contributed by atoms with Crippen molar-refractivity contribution in [3.63, 3.8) is 0 Å². The molecular weight excluding hydrogens is 354 g/mol. The van der Waals surface area contributed by atoms with Crippen LogP contribution in [-0.2, 0) is 20.3 Å². The van der Waals surface area contributed by atoms with Gasteiger partial charge in [0.2, 0.25) is 0 Å². The van der Waals surface area contributed by atoms with Crippen molar-refractivity contribution in [3.05, 3.63) is 64.7 Å². The molecule has 0 N–H and O–H groups in total. The highest BCUT2D eigenvalue weighted by Crippen LogP contribution is 2.25. The first-order chi connectivity index (χ1) is 12.4. The van der Waals surface area contributed by atoms with Gasteiger partial charge in [0.15, 0.2) is 12.4 Å². The van der Waals surface area contributed by atoms with Crippen LogP contribution < -0.4 is 4.74 Å². The minimum atomic E-state index is -0.166. The summed E-state index contributed by atoms with van der Waals surface area (Å²) in [6.07, 6.45) is 5.32. The number of hydrogen-bond acceptors (Lipinski definition) is 4. The maximum Gasteiger partial charge on any atom is 0.274 e. The Bertz CT molecular complexity index is 918. The van der Waals surface area contributed by atoms with Crippen molar-refractivity contribution in [2.75, 3.05) is 7.05 Å². The molecule has 0 aliphatic rings. The summed E-state index contributed by atoms with van der Waals surface area (Å²) in [6, 6.07) is 7.23. The SMILES string of the molecule is Cc1ccc(Cl)c(OCn2ccc(C(=O)N(C)Cc3cnn(C)c3)n2)c1. The second kappa shape index (κ2) is 7.61. The molecule has 1 amide bonds. The van der Waals surface area contributed by atoms with E-state index in [2.05, 4.69) is 10.2 Å². The van der Waals surface area contributed by atoms with Crippen LogP contribution in [0.5, 0.6) is 5.75 Å². The van der Waals surface area contributed by atoms with Gasteiger partial charge in [0, 0.05) is 38.6 Å². The Balaban J connectivity index is 1.61. The Morgan fingerprint density at radius 1 is 1.35 bits per heavy atom. The van der Waals surface area contributed by atoms with Gasteiger partial charge in [-0.1, -0.05) is 17.7 Å². The second-order valence-electron chi connectivity index (χ2n) is 6.13. The zero-order valence-electron chi connectivity index (χ0n) is 14.9. The lowest BCUT2D eigenvalue weighted by atomic mass is 10.2. The van der Waals surface area contributed by atoms with Crippen LogP contribution in [0.1, 0.15) is 21.6 Å². The summed E-state index contributed by atoms with van der Waals surface area (Å²) >= 11 is 6.12. The van der Waals surface area contributed by atoms with Gasteiger partial charge in [-0.25, -0.2) is 4.68 Å². The lowest BCUT2D eigenvalue weighted by Crippen LogP contribution is -2.26. The molecule has 8 heteroatoms. The van der Waals surface area contributed by atoms with E-state index in [9.17, 15) is 4.79 Å². The summed E-state index contributed by atoms with van der Waals surface area (Å²) < 4.78 is 8.95. The number of halogens is 1. The molecule has 7 nitrogen and oxygen atoms in total. The third-order valence-corrected chi connectivity index (χ3v) is 4.14. The number of benzene rings is 1. The van der Waals surface area contributed by atoms with Gasteiger partial charge < -0.3 is 9.64 Å². The molecule has 0 spiro atoms. The molecule has 3 rings (SSSR count). The average molecular weight is 374 g/mol. The summed E-state index contributed by atoms with van der Waals surface area (Å²) in [6.45, 7) is 2.60. The van der Waals surface area contributed by atoms with Crippen molar-refractivity contribution in [1.82, 2.24) is 24.5 Å². The van der Waals surface area contributed by atoms with Gasteiger partial charge in [-0.15, -0.1) is 0 Å². The van der Waals surface area contributed by atoms with E-state index in [0.717, 1.165) is 11.1 Å². The molecule has 2 heterocycles. The Kier molecular flexibility index (Phi) is 5.27. The van der Waals surface area contributed by atoms with Crippen molar-refractivity contribution in [2.45, 2.75) is 20.2 Å². The third kappa shape index (κ3) is 4.23. The van der Waals surface area contributed by atoms with E-state index in [-0.39, 0.29) is 12.6 Å². The van der Waals surface area contributed by atoms with E-state index < -0.39 is 0 Å². The van der Waals surface area contributed by atoms with Crippen LogP contribution in [-0.4, -0.2) is 37.4 Å². The first-order valence-electron chi connectivity index (χ1n) is 8.08. The number of ether oxygens (including phenoxy) is 1. The van der Waals surface area contributed by atoms with Gasteiger partial charge in [0.05, 0.1) is 11.2 Å². The average Bonchev–Trinajstić information content (AvgIpc) is 3.24. The largest absolute Gasteiger partial charge is 0.470 e. The van der Waals surface area contributed by atoms with E-state index in [4.69, 9.17) is 16.3 Å². The van der Waals surface area contributed by atoms with Gasteiger partial charge >= 0.3 is 0 Å². The van der Waals surface area contributed by atoms with E-state index in [0.29, 0.717) is 23.0 Å². The highest BCUT2D eigenvalue weighted by Gasteiger charge is 2.16. The molecule has 136 valence electrons. The maximum atomic E-state index is 12.5. The third-order valence-electron chi connectivity index (χ3n) is 3.82. The number of rotatable bonds is 6. The van der Waals surface area contributed by atoms with Gasteiger partial charge in [-0.3, -0.25) is 9.48 Å². The number of carbonyl (C=O) groups is 1. The zero-order chi connectivity index (χ0) is 18.7. The Hall–Kier alpha value is -2.80. The van der Waals surface area contributed by atoms with Crippen molar-refractivity contribution >= 4 is 17.5 Å². The van der Waals surface area contributed by atoms with Gasteiger partial charge in [0.25, 0.3) is 5.91 Å². The van der Waals surface area contributed by atoms with Crippen molar-refractivity contribution in [2.24, 2.45) is 7.05 Å². The van der Waals surface area contributed by atoms with Crippen molar-refractivity contribution in [1.29, 1.82) is 0 Å². The first-order valence-corrected chi connectivity index (χ1v) is 8.45. The Morgan fingerprint density at radius 2 is 2.15 bits per heavy atom. The highest BCUT2D eigenvalue weighted by atomic mass is 35.5. The minimum Gasteiger partial charge on any atom is -0.470 e. The fourth-order valence-electron chi connectivity index (χ4n) is 2.50. The minimum absolute atomic E-state index is 0.166. The molecule has 2 aromatic heterocycles. The summed E-state index contributed by atoms with van der Waals surface area (Å²) in [4.78, 5) is 14.1. The summed E-state index contributed by atoms with van der Waals surface area (Å²) in [5.74, 6) is 0.421. The molecule has 0 aliphatic heterocycles. The van der Waals surface area contributed by atoms with E-state index in [1.54, 1.807) is 45.8 Å². The fourth-order valence-corrected chi connectivity index (χ4v) is 2.67. The molecule has 0 aliphatic carbocycles. The molecule has 0 radical (unpaired) electrons. The predicted octanol–water partition coefficient (Wildman–Crippen LogP) is 2.89. The van der Waals surface area contributed by atoms with E-state index >= 15 is 0 Å². The summed E-state index contributed by atoms with van der Waals surface area (Å²) in [5.41, 5.74) is 2.37. The molecule has 0 unspecified atom stereocenters. The smallest absolute Gasteiger partial charge is 0.274 e. The van der Waals surface area contributed by atoms with Crippen LogP contribution in [0, 0.1) is 6.92 Å². The fraction of sp³-hybridized carbons (Fsp3) is 0.278. The standard InChI is InChI=1S/C18H20ClN5O2/c1-13-4-5-15(19)17(8-13)26-12-24-7-6-16(21-24)18(25)22(2)10-14-9-20-23(3)11-14/h4-9,11H,10,12H2,1-3H3. The number of aromatic nitrogens is 4. The first kappa shape index (κ1) is 18.0. The Labute approximate surface area is 156 Å². The van der Waals surface area contributed by atoms with Crippen LogP contribution in [0.2, 0.25) is 5.02 Å². The van der Waals surface area contributed by atoms with Crippen LogP contribution in [0.4, 0.5) is 0 Å².